The van der Waals surface area contributed by atoms with Crippen LogP contribution in [0.25, 0.3) is 5.65 Å². The van der Waals surface area contributed by atoms with E-state index in [2.05, 4.69) is 16.9 Å². The number of hydrogen-bond donors (Lipinski definition) is 0. The van der Waals surface area contributed by atoms with Gasteiger partial charge in [0.25, 0.3) is 0 Å². The quantitative estimate of drug-likeness (QED) is 0.793. The van der Waals surface area contributed by atoms with Gasteiger partial charge in [-0.2, -0.15) is 4.68 Å². The molecule has 2 atom stereocenters. The van der Waals surface area contributed by atoms with Gasteiger partial charge in [0, 0.05) is 18.8 Å². The average molecular weight is 262 g/mol. The normalized spacial score (nSPS) is 24.9. The summed E-state index contributed by atoms with van der Waals surface area (Å²) in [7, 11) is 0. The molecule has 1 saturated heterocycles. The summed E-state index contributed by atoms with van der Waals surface area (Å²) in [6.07, 6.45) is 1.94. The summed E-state index contributed by atoms with van der Waals surface area (Å²) in [5, 5.41) is 4.35. The summed E-state index contributed by atoms with van der Waals surface area (Å²) >= 11 is 0. The standard InChI is InChI=1S/C13H18N4O2/c1-10-8-19-11(2)7-15(10)9-17-13(18)16-6-4-3-5-12(16)14-17/h3-6,10-11H,7-9H2,1-2H3/t10-,11+/m0/s1. The summed E-state index contributed by atoms with van der Waals surface area (Å²) in [6, 6.07) is 5.85. The van der Waals surface area contributed by atoms with Crippen molar-refractivity contribution in [1.82, 2.24) is 19.1 Å². The molecule has 2 aromatic heterocycles. The van der Waals surface area contributed by atoms with Gasteiger partial charge in [-0.3, -0.25) is 9.30 Å². The Morgan fingerprint density at radius 2 is 2.26 bits per heavy atom. The van der Waals surface area contributed by atoms with Crippen molar-refractivity contribution in [3.05, 3.63) is 34.9 Å². The van der Waals surface area contributed by atoms with Crippen molar-refractivity contribution in [2.24, 2.45) is 0 Å². The molecule has 6 heteroatoms. The first-order valence-corrected chi connectivity index (χ1v) is 6.55. The Balaban J connectivity index is 1.88. The zero-order valence-corrected chi connectivity index (χ0v) is 11.2. The molecule has 2 aromatic rings. The number of rotatable bonds is 2. The van der Waals surface area contributed by atoms with Crippen molar-refractivity contribution in [1.29, 1.82) is 0 Å². The summed E-state index contributed by atoms with van der Waals surface area (Å²) in [4.78, 5) is 14.4. The molecule has 1 aliphatic rings. The van der Waals surface area contributed by atoms with Crippen LogP contribution in [0, 0.1) is 0 Å². The van der Waals surface area contributed by atoms with Crippen molar-refractivity contribution >= 4 is 5.65 Å². The molecule has 6 nitrogen and oxygen atoms in total. The first-order valence-electron chi connectivity index (χ1n) is 6.55. The lowest BCUT2D eigenvalue weighted by Gasteiger charge is -2.36. The number of hydrogen-bond acceptors (Lipinski definition) is 4. The minimum Gasteiger partial charge on any atom is -0.376 e. The number of nitrogens with zero attached hydrogens (tertiary/aromatic N) is 4. The first-order chi connectivity index (χ1) is 9.15. The summed E-state index contributed by atoms with van der Waals surface area (Å²) in [5.74, 6) is 0. The predicted molar refractivity (Wildman–Crippen MR) is 71.0 cm³/mol. The smallest absolute Gasteiger partial charge is 0.351 e. The van der Waals surface area contributed by atoms with Crippen molar-refractivity contribution in [2.75, 3.05) is 13.2 Å². The lowest BCUT2D eigenvalue weighted by atomic mass is 10.2. The fourth-order valence-corrected chi connectivity index (χ4v) is 2.40. The molecule has 3 heterocycles. The lowest BCUT2D eigenvalue weighted by molar-refractivity contribution is -0.0626. The maximum absolute atomic E-state index is 12.2. The molecule has 1 aliphatic heterocycles. The van der Waals surface area contributed by atoms with Crippen LogP contribution in [0.5, 0.6) is 0 Å². The van der Waals surface area contributed by atoms with Crippen molar-refractivity contribution < 1.29 is 4.74 Å². The molecule has 0 bridgehead atoms. The molecule has 1 fully saturated rings. The van der Waals surface area contributed by atoms with Gasteiger partial charge in [-0.15, -0.1) is 5.10 Å². The second kappa shape index (κ2) is 4.79. The molecule has 0 amide bonds. The highest BCUT2D eigenvalue weighted by atomic mass is 16.5. The van der Waals surface area contributed by atoms with Crippen LogP contribution in [0.3, 0.4) is 0 Å². The largest absolute Gasteiger partial charge is 0.376 e. The Hall–Kier alpha value is -1.66. The van der Waals surface area contributed by atoms with Crippen LogP contribution in [0.4, 0.5) is 0 Å². The van der Waals surface area contributed by atoms with E-state index in [4.69, 9.17) is 4.74 Å². The van der Waals surface area contributed by atoms with Crippen LogP contribution in [0.15, 0.2) is 29.2 Å². The molecule has 19 heavy (non-hydrogen) atoms. The van der Waals surface area contributed by atoms with Crippen molar-refractivity contribution in [3.63, 3.8) is 0 Å². The molecule has 0 aromatic carbocycles. The van der Waals surface area contributed by atoms with Gasteiger partial charge in [-0.05, 0) is 26.0 Å². The summed E-state index contributed by atoms with van der Waals surface area (Å²) < 4.78 is 8.67. The molecule has 102 valence electrons. The van der Waals surface area contributed by atoms with Crippen LogP contribution in [-0.4, -0.2) is 44.4 Å². The van der Waals surface area contributed by atoms with E-state index in [1.165, 1.54) is 4.68 Å². The van der Waals surface area contributed by atoms with E-state index >= 15 is 0 Å². The molecular weight excluding hydrogens is 244 g/mol. The molecule has 0 aliphatic carbocycles. The molecule has 3 rings (SSSR count). The van der Waals surface area contributed by atoms with Gasteiger partial charge < -0.3 is 4.74 Å². The maximum atomic E-state index is 12.2. The van der Waals surface area contributed by atoms with E-state index in [9.17, 15) is 4.79 Å². The number of ether oxygens (including phenoxy) is 1. The number of pyridine rings is 1. The van der Waals surface area contributed by atoms with Gasteiger partial charge in [0.15, 0.2) is 5.65 Å². The first kappa shape index (κ1) is 12.4. The molecule has 0 radical (unpaired) electrons. The molecular formula is C13H18N4O2. The van der Waals surface area contributed by atoms with Gasteiger partial charge in [0.2, 0.25) is 0 Å². The van der Waals surface area contributed by atoms with Crippen molar-refractivity contribution in [3.8, 4) is 0 Å². The number of morpholine rings is 1. The maximum Gasteiger partial charge on any atom is 0.351 e. The average Bonchev–Trinajstić information content (AvgIpc) is 2.72. The Morgan fingerprint density at radius 3 is 3.05 bits per heavy atom. The van der Waals surface area contributed by atoms with Gasteiger partial charge in [-0.25, -0.2) is 4.79 Å². The zero-order chi connectivity index (χ0) is 13.4. The molecule has 0 saturated carbocycles. The van der Waals surface area contributed by atoms with E-state index in [1.807, 2.05) is 25.1 Å². The van der Waals surface area contributed by atoms with Gasteiger partial charge in [0.1, 0.15) is 0 Å². The zero-order valence-electron chi connectivity index (χ0n) is 11.2. The van der Waals surface area contributed by atoms with Crippen molar-refractivity contribution in [2.45, 2.75) is 32.7 Å². The molecule has 0 spiro atoms. The minimum atomic E-state index is -0.0954. The molecule has 0 unspecified atom stereocenters. The highest BCUT2D eigenvalue weighted by Gasteiger charge is 2.24. The van der Waals surface area contributed by atoms with E-state index in [1.54, 1.807) is 10.6 Å². The molecule has 0 N–H and O–H groups in total. The van der Waals surface area contributed by atoms with Gasteiger partial charge in [-0.1, -0.05) is 6.07 Å². The number of aromatic nitrogens is 3. The Morgan fingerprint density at radius 1 is 1.42 bits per heavy atom. The van der Waals surface area contributed by atoms with Crippen LogP contribution >= 0.6 is 0 Å². The van der Waals surface area contributed by atoms with Gasteiger partial charge >= 0.3 is 5.69 Å². The van der Waals surface area contributed by atoms with E-state index in [0.717, 1.165) is 6.54 Å². The van der Waals surface area contributed by atoms with Gasteiger partial charge in [0.05, 0.1) is 19.4 Å². The second-order valence-corrected chi connectivity index (χ2v) is 5.12. The third kappa shape index (κ3) is 2.29. The summed E-state index contributed by atoms with van der Waals surface area (Å²) in [6.45, 7) is 6.18. The highest BCUT2D eigenvalue weighted by Crippen LogP contribution is 2.11. The Bertz CT molecular complexity index is 633. The van der Waals surface area contributed by atoms with Crippen LogP contribution in [-0.2, 0) is 11.4 Å². The summed E-state index contributed by atoms with van der Waals surface area (Å²) in [5.41, 5.74) is 0.586. The van der Waals surface area contributed by atoms with Crippen LogP contribution in [0.2, 0.25) is 0 Å². The second-order valence-electron chi connectivity index (χ2n) is 5.12. The van der Waals surface area contributed by atoms with E-state index in [0.29, 0.717) is 25.0 Å². The Labute approximate surface area is 111 Å². The SMILES string of the molecule is C[C@@H]1CN(Cn2nc3ccccn3c2=O)[C@@H](C)CO1. The predicted octanol–water partition coefficient (Wildman–Crippen LogP) is 0.563. The number of fused-ring (bicyclic) bond motifs is 1. The Kier molecular flexibility index (Phi) is 3.12. The fraction of sp³-hybridized carbons (Fsp3) is 0.538. The fourth-order valence-electron chi connectivity index (χ4n) is 2.40. The minimum absolute atomic E-state index is 0.0954. The van der Waals surface area contributed by atoms with E-state index < -0.39 is 0 Å². The lowest BCUT2D eigenvalue weighted by Crippen LogP contribution is -2.49. The monoisotopic (exact) mass is 262 g/mol. The topological polar surface area (TPSA) is 51.8 Å². The third-order valence-electron chi connectivity index (χ3n) is 3.54. The van der Waals surface area contributed by atoms with Crippen LogP contribution < -0.4 is 5.69 Å². The van der Waals surface area contributed by atoms with E-state index in [-0.39, 0.29) is 11.8 Å². The third-order valence-corrected chi connectivity index (χ3v) is 3.54. The van der Waals surface area contributed by atoms with Crippen LogP contribution in [0.1, 0.15) is 13.8 Å². The highest BCUT2D eigenvalue weighted by molar-refractivity contribution is 5.35.